The largest absolute Gasteiger partial charge is 0.316 e. The number of piperidine rings is 1. The van der Waals surface area contributed by atoms with Crippen molar-refractivity contribution >= 4 is 5.78 Å². The number of nitrogens with one attached hydrogen (secondary N) is 1. The van der Waals surface area contributed by atoms with Crippen LogP contribution in [0.5, 0.6) is 0 Å². The first-order valence-electron chi connectivity index (χ1n) is 4.99. The summed E-state index contributed by atoms with van der Waals surface area (Å²) in [4.78, 5) is 11.7. The summed E-state index contributed by atoms with van der Waals surface area (Å²) in [6.45, 7) is 9.81. The zero-order valence-corrected chi connectivity index (χ0v) is 8.60. The normalized spacial score (nSPS) is 28.5. The van der Waals surface area contributed by atoms with Crippen LogP contribution >= 0.6 is 0 Å². The second-order valence-corrected chi connectivity index (χ2v) is 4.18. The molecule has 1 heterocycles. The third kappa shape index (κ3) is 2.96. The zero-order valence-electron chi connectivity index (χ0n) is 8.60. The highest BCUT2D eigenvalue weighted by Crippen LogP contribution is 2.21. The monoisotopic (exact) mass is 181 g/mol. The van der Waals surface area contributed by atoms with E-state index in [0.717, 1.165) is 25.1 Å². The van der Waals surface area contributed by atoms with Gasteiger partial charge in [-0.3, -0.25) is 4.79 Å². The predicted molar refractivity (Wildman–Crippen MR) is 54.6 cm³/mol. The number of allylic oxidation sites excluding steroid dienone is 1. The molecule has 0 amide bonds. The van der Waals surface area contributed by atoms with Crippen molar-refractivity contribution in [3.8, 4) is 0 Å². The molecular formula is C11H19NO. The van der Waals surface area contributed by atoms with Gasteiger partial charge in [-0.1, -0.05) is 19.1 Å². The van der Waals surface area contributed by atoms with Crippen LogP contribution in [0, 0.1) is 11.8 Å². The van der Waals surface area contributed by atoms with Crippen LogP contribution in [0.2, 0.25) is 0 Å². The van der Waals surface area contributed by atoms with E-state index < -0.39 is 0 Å². The second-order valence-electron chi connectivity index (χ2n) is 4.18. The second kappa shape index (κ2) is 4.56. The van der Waals surface area contributed by atoms with E-state index in [1.54, 1.807) is 0 Å². The Kier molecular flexibility index (Phi) is 3.67. The lowest BCUT2D eigenvalue weighted by molar-refractivity contribution is -0.124. The van der Waals surface area contributed by atoms with Crippen molar-refractivity contribution in [1.29, 1.82) is 0 Å². The molecule has 0 spiro atoms. The maximum atomic E-state index is 11.7. The maximum absolute atomic E-state index is 11.7. The van der Waals surface area contributed by atoms with Crippen LogP contribution < -0.4 is 5.32 Å². The Morgan fingerprint density at radius 2 is 2.31 bits per heavy atom. The van der Waals surface area contributed by atoms with Crippen LogP contribution in [0.25, 0.3) is 0 Å². The molecule has 2 heteroatoms. The Hall–Kier alpha value is -0.630. The van der Waals surface area contributed by atoms with Gasteiger partial charge in [0.15, 0.2) is 0 Å². The average molecular weight is 181 g/mol. The van der Waals surface area contributed by atoms with Gasteiger partial charge >= 0.3 is 0 Å². The molecule has 2 unspecified atom stereocenters. The molecule has 2 nitrogen and oxygen atoms in total. The summed E-state index contributed by atoms with van der Waals surface area (Å²) in [6.07, 6.45) is 1.56. The standard InChI is InChI=1S/C11H19NO/c1-8(2)6-11(13)10-4-5-12-7-9(10)3/h9-10,12H,1,4-7H2,2-3H3. The predicted octanol–water partition coefficient (Wildman–Crippen LogP) is 1.77. The molecule has 1 aliphatic rings. The van der Waals surface area contributed by atoms with Gasteiger partial charge in [0.05, 0.1) is 0 Å². The lowest BCUT2D eigenvalue weighted by atomic mass is 9.83. The molecule has 0 aromatic heterocycles. The summed E-state index contributed by atoms with van der Waals surface area (Å²) in [6, 6.07) is 0. The number of hydrogen-bond acceptors (Lipinski definition) is 2. The molecule has 0 radical (unpaired) electrons. The third-order valence-electron chi connectivity index (χ3n) is 2.67. The van der Waals surface area contributed by atoms with Gasteiger partial charge in [0, 0.05) is 12.3 Å². The Labute approximate surface area is 80.4 Å². The van der Waals surface area contributed by atoms with Crippen LogP contribution in [-0.4, -0.2) is 18.9 Å². The minimum absolute atomic E-state index is 0.262. The molecule has 1 aliphatic heterocycles. The molecule has 1 N–H and O–H groups in total. The molecular weight excluding hydrogens is 162 g/mol. The number of carbonyl (C=O) groups is 1. The van der Waals surface area contributed by atoms with Gasteiger partial charge in [-0.15, -0.1) is 0 Å². The molecule has 0 saturated carbocycles. The minimum Gasteiger partial charge on any atom is -0.316 e. The van der Waals surface area contributed by atoms with Crippen LogP contribution in [0.4, 0.5) is 0 Å². The summed E-state index contributed by atoms with van der Waals surface area (Å²) < 4.78 is 0. The van der Waals surface area contributed by atoms with E-state index >= 15 is 0 Å². The highest BCUT2D eigenvalue weighted by Gasteiger charge is 2.26. The molecule has 13 heavy (non-hydrogen) atoms. The van der Waals surface area contributed by atoms with E-state index in [4.69, 9.17) is 0 Å². The quantitative estimate of drug-likeness (QED) is 0.672. The summed E-state index contributed by atoms with van der Waals surface area (Å²) >= 11 is 0. The minimum atomic E-state index is 0.262. The van der Waals surface area contributed by atoms with Gasteiger partial charge in [-0.05, 0) is 32.4 Å². The van der Waals surface area contributed by atoms with E-state index in [1.165, 1.54) is 0 Å². The number of carbonyl (C=O) groups excluding carboxylic acids is 1. The summed E-state index contributed by atoms with van der Waals surface area (Å²) in [7, 11) is 0. The van der Waals surface area contributed by atoms with E-state index in [-0.39, 0.29) is 5.92 Å². The summed E-state index contributed by atoms with van der Waals surface area (Å²) in [5.74, 6) is 1.13. The highest BCUT2D eigenvalue weighted by atomic mass is 16.1. The highest BCUT2D eigenvalue weighted by molar-refractivity contribution is 5.83. The SMILES string of the molecule is C=C(C)CC(=O)C1CCNCC1C. The lowest BCUT2D eigenvalue weighted by Gasteiger charge is -2.28. The third-order valence-corrected chi connectivity index (χ3v) is 2.67. The summed E-state index contributed by atoms with van der Waals surface area (Å²) in [5, 5.41) is 3.30. The molecule has 1 saturated heterocycles. The molecule has 0 aromatic carbocycles. The topological polar surface area (TPSA) is 29.1 Å². The van der Waals surface area contributed by atoms with Crippen molar-refractivity contribution in [1.82, 2.24) is 5.32 Å². The first-order chi connectivity index (χ1) is 6.11. The van der Waals surface area contributed by atoms with Gasteiger partial charge in [0.2, 0.25) is 0 Å². The fourth-order valence-electron chi connectivity index (χ4n) is 1.92. The summed E-state index contributed by atoms with van der Waals surface area (Å²) in [5.41, 5.74) is 0.982. The van der Waals surface area contributed by atoms with Crippen molar-refractivity contribution in [2.45, 2.75) is 26.7 Å². The van der Waals surface area contributed by atoms with E-state index in [2.05, 4.69) is 18.8 Å². The fraction of sp³-hybridized carbons (Fsp3) is 0.727. The average Bonchev–Trinajstić information content (AvgIpc) is 2.03. The van der Waals surface area contributed by atoms with Crippen molar-refractivity contribution < 1.29 is 4.79 Å². The molecule has 2 atom stereocenters. The maximum Gasteiger partial charge on any atom is 0.140 e. The number of ketones is 1. The van der Waals surface area contributed by atoms with Gasteiger partial charge in [-0.25, -0.2) is 0 Å². The van der Waals surface area contributed by atoms with Gasteiger partial charge < -0.3 is 5.32 Å². The lowest BCUT2D eigenvalue weighted by Crippen LogP contribution is -2.38. The molecule has 1 fully saturated rings. The van der Waals surface area contributed by atoms with Crippen LogP contribution in [0.15, 0.2) is 12.2 Å². The fourth-order valence-corrected chi connectivity index (χ4v) is 1.92. The Morgan fingerprint density at radius 1 is 1.62 bits per heavy atom. The van der Waals surface area contributed by atoms with E-state index in [1.807, 2.05) is 6.92 Å². The smallest absolute Gasteiger partial charge is 0.140 e. The van der Waals surface area contributed by atoms with Crippen molar-refractivity contribution in [3.05, 3.63) is 12.2 Å². The molecule has 0 bridgehead atoms. The van der Waals surface area contributed by atoms with Crippen molar-refractivity contribution in [2.24, 2.45) is 11.8 Å². The first-order valence-corrected chi connectivity index (χ1v) is 4.99. The Morgan fingerprint density at radius 3 is 2.85 bits per heavy atom. The number of rotatable bonds is 3. The van der Waals surface area contributed by atoms with Crippen LogP contribution in [-0.2, 0) is 4.79 Å². The molecule has 74 valence electrons. The molecule has 1 rings (SSSR count). The first kappa shape index (κ1) is 10.5. The van der Waals surface area contributed by atoms with Gasteiger partial charge in [0.25, 0.3) is 0 Å². The van der Waals surface area contributed by atoms with Crippen molar-refractivity contribution in [3.63, 3.8) is 0 Å². The van der Waals surface area contributed by atoms with Gasteiger partial charge in [-0.2, -0.15) is 0 Å². The van der Waals surface area contributed by atoms with Crippen LogP contribution in [0.1, 0.15) is 26.7 Å². The number of Topliss-reactive ketones (excluding diaryl/α,β-unsaturated/α-hetero) is 1. The van der Waals surface area contributed by atoms with E-state index in [9.17, 15) is 4.79 Å². The van der Waals surface area contributed by atoms with E-state index in [0.29, 0.717) is 18.1 Å². The molecule has 0 aromatic rings. The number of hydrogen-bond donors (Lipinski definition) is 1. The zero-order chi connectivity index (χ0) is 9.84. The Bertz CT molecular complexity index is 210. The van der Waals surface area contributed by atoms with Gasteiger partial charge in [0.1, 0.15) is 5.78 Å². The Balaban J connectivity index is 2.48. The van der Waals surface area contributed by atoms with Crippen LogP contribution in [0.3, 0.4) is 0 Å². The van der Waals surface area contributed by atoms with Crippen molar-refractivity contribution in [2.75, 3.05) is 13.1 Å². The molecule has 0 aliphatic carbocycles.